The highest BCUT2D eigenvalue weighted by Crippen LogP contribution is 2.41. The molecule has 2 aromatic rings. The number of fused-ring (bicyclic) bond motifs is 1. The molecule has 0 radical (unpaired) electrons. The van der Waals surface area contributed by atoms with Crippen LogP contribution in [0.2, 0.25) is 0 Å². The Morgan fingerprint density at radius 3 is 2.74 bits per heavy atom. The summed E-state index contributed by atoms with van der Waals surface area (Å²) in [5.74, 6) is 1.00. The van der Waals surface area contributed by atoms with Crippen molar-refractivity contribution in [1.82, 2.24) is 9.88 Å². The van der Waals surface area contributed by atoms with Gasteiger partial charge < -0.3 is 14.7 Å². The third kappa shape index (κ3) is 5.68. The van der Waals surface area contributed by atoms with Crippen LogP contribution < -0.4 is 4.74 Å². The SMILES string of the molecule is COc1ccc2ncc(C)c([C@H](F)CCC3(C(=O)O)CCN(CCSC4CCCC4)CC3)c2c1. The number of benzene rings is 1. The maximum Gasteiger partial charge on any atom is 0.309 e. The molecule has 0 bridgehead atoms. The minimum atomic E-state index is -1.24. The van der Waals surface area contributed by atoms with Gasteiger partial charge in [-0.2, -0.15) is 11.8 Å². The van der Waals surface area contributed by atoms with Crippen molar-refractivity contribution in [1.29, 1.82) is 0 Å². The zero-order valence-electron chi connectivity index (χ0n) is 20.4. The molecule has 1 N–H and O–H groups in total. The number of carboxylic acids is 1. The number of halogens is 1. The Hall–Kier alpha value is -1.86. The molecule has 2 fully saturated rings. The number of nitrogens with zero attached hydrogens (tertiary/aromatic N) is 2. The van der Waals surface area contributed by atoms with Crippen molar-refractivity contribution in [3.63, 3.8) is 0 Å². The summed E-state index contributed by atoms with van der Waals surface area (Å²) in [5, 5.41) is 11.7. The molecule has 1 atom stereocenters. The second-order valence-corrected chi connectivity index (χ2v) is 11.4. The van der Waals surface area contributed by atoms with Gasteiger partial charge in [-0.3, -0.25) is 9.78 Å². The zero-order chi connectivity index (χ0) is 24.1. The number of methoxy groups -OCH3 is 1. The van der Waals surface area contributed by atoms with Crippen LogP contribution in [0.4, 0.5) is 4.39 Å². The highest BCUT2D eigenvalue weighted by molar-refractivity contribution is 7.99. The first-order valence-electron chi connectivity index (χ1n) is 12.6. The van der Waals surface area contributed by atoms with E-state index in [2.05, 4.69) is 21.6 Å². The van der Waals surface area contributed by atoms with E-state index < -0.39 is 17.6 Å². The molecule has 2 heterocycles. The van der Waals surface area contributed by atoms with Crippen LogP contribution in [0.1, 0.15) is 68.7 Å². The first-order chi connectivity index (χ1) is 16.4. The van der Waals surface area contributed by atoms with Crippen LogP contribution >= 0.6 is 11.8 Å². The fourth-order valence-corrected chi connectivity index (χ4v) is 6.92. The molecule has 2 aliphatic rings. The van der Waals surface area contributed by atoms with Crippen LogP contribution in [0.25, 0.3) is 10.9 Å². The summed E-state index contributed by atoms with van der Waals surface area (Å²) < 4.78 is 21.0. The lowest BCUT2D eigenvalue weighted by Gasteiger charge is -2.39. The predicted octanol–water partition coefficient (Wildman–Crippen LogP) is 6.19. The van der Waals surface area contributed by atoms with Crippen LogP contribution in [0.15, 0.2) is 24.4 Å². The van der Waals surface area contributed by atoms with Crippen LogP contribution in [0.5, 0.6) is 5.75 Å². The number of carboxylic acid groups (broad SMARTS) is 1. The number of aryl methyl sites for hydroxylation is 1. The van der Waals surface area contributed by atoms with Gasteiger partial charge in [-0.05, 0) is 87.9 Å². The maximum atomic E-state index is 15.7. The van der Waals surface area contributed by atoms with Gasteiger partial charge in [0, 0.05) is 29.1 Å². The molecule has 0 spiro atoms. The largest absolute Gasteiger partial charge is 0.497 e. The van der Waals surface area contributed by atoms with Crippen molar-refractivity contribution in [3.8, 4) is 5.75 Å². The number of aliphatic carboxylic acids is 1. The number of pyridine rings is 1. The molecule has 1 saturated carbocycles. The van der Waals surface area contributed by atoms with Gasteiger partial charge in [0.15, 0.2) is 0 Å². The quantitative estimate of drug-likeness (QED) is 0.431. The summed E-state index contributed by atoms with van der Waals surface area (Å²) in [5.41, 5.74) is 1.27. The summed E-state index contributed by atoms with van der Waals surface area (Å²) >= 11 is 2.08. The van der Waals surface area contributed by atoms with Gasteiger partial charge in [0.2, 0.25) is 0 Å². The molecular formula is C27H37FN2O3S. The van der Waals surface area contributed by atoms with Gasteiger partial charge in [-0.15, -0.1) is 0 Å². The lowest BCUT2D eigenvalue weighted by Crippen LogP contribution is -2.45. The number of likely N-dealkylation sites (tertiary alicyclic amines) is 1. The average molecular weight is 489 g/mol. The summed E-state index contributed by atoms with van der Waals surface area (Å²) in [6, 6.07) is 5.48. The Morgan fingerprint density at radius 1 is 1.32 bits per heavy atom. The smallest absolute Gasteiger partial charge is 0.309 e. The van der Waals surface area contributed by atoms with E-state index in [0.29, 0.717) is 30.6 Å². The summed E-state index contributed by atoms with van der Waals surface area (Å²) in [7, 11) is 1.59. The number of hydrogen-bond donors (Lipinski definition) is 1. The van der Waals surface area contributed by atoms with Gasteiger partial charge in [0.1, 0.15) is 11.9 Å². The zero-order valence-corrected chi connectivity index (χ0v) is 21.2. The number of thioether (sulfide) groups is 1. The standard InChI is InChI=1S/C27H37FN2O3S/c1-19-18-29-24-8-7-20(33-2)17-22(24)25(19)23(28)9-10-27(26(31)32)11-13-30(14-12-27)15-16-34-21-5-3-4-6-21/h7-8,17-18,21,23H,3-6,9-16H2,1-2H3,(H,31,32)/t23-/m1/s1. The second kappa shape index (κ2) is 11.3. The number of ether oxygens (including phenoxy) is 1. The van der Waals surface area contributed by atoms with Crippen molar-refractivity contribution < 1.29 is 19.0 Å². The third-order valence-electron chi connectivity index (χ3n) is 7.84. The van der Waals surface area contributed by atoms with Gasteiger partial charge in [-0.1, -0.05) is 12.8 Å². The Morgan fingerprint density at radius 2 is 2.06 bits per heavy atom. The molecule has 1 aromatic heterocycles. The number of aromatic nitrogens is 1. The number of alkyl halides is 1. The molecule has 4 rings (SSSR count). The molecule has 1 aliphatic heterocycles. The van der Waals surface area contributed by atoms with Gasteiger partial charge in [0.25, 0.3) is 0 Å². The molecule has 0 amide bonds. The monoisotopic (exact) mass is 488 g/mol. The van der Waals surface area contributed by atoms with Crippen molar-refractivity contribution in [2.75, 3.05) is 32.5 Å². The molecule has 186 valence electrons. The minimum Gasteiger partial charge on any atom is -0.497 e. The fourth-order valence-electron chi connectivity index (χ4n) is 5.56. The van der Waals surface area contributed by atoms with Gasteiger partial charge in [-0.25, -0.2) is 4.39 Å². The average Bonchev–Trinajstić information content (AvgIpc) is 3.36. The second-order valence-electron chi connectivity index (χ2n) is 9.95. The molecular weight excluding hydrogens is 451 g/mol. The van der Waals surface area contributed by atoms with Crippen molar-refractivity contribution in [2.45, 2.75) is 69.7 Å². The van der Waals surface area contributed by atoms with Crippen molar-refractivity contribution in [2.24, 2.45) is 5.41 Å². The normalized spacial score (nSPS) is 20.0. The molecule has 1 aromatic carbocycles. The number of carbonyl (C=O) groups is 1. The summed E-state index contributed by atoms with van der Waals surface area (Å²) in [6.45, 7) is 4.45. The van der Waals surface area contributed by atoms with E-state index in [0.717, 1.165) is 47.1 Å². The van der Waals surface area contributed by atoms with E-state index in [1.54, 1.807) is 13.3 Å². The predicted molar refractivity (Wildman–Crippen MR) is 137 cm³/mol. The van der Waals surface area contributed by atoms with Gasteiger partial charge in [0.05, 0.1) is 18.0 Å². The van der Waals surface area contributed by atoms with Gasteiger partial charge >= 0.3 is 5.97 Å². The first-order valence-corrected chi connectivity index (χ1v) is 13.6. The number of hydrogen-bond acceptors (Lipinski definition) is 5. The highest BCUT2D eigenvalue weighted by Gasteiger charge is 2.41. The van der Waals surface area contributed by atoms with E-state index in [-0.39, 0.29) is 6.42 Å². The Kier molecular flexibility index (Phi) is 8.35. The third-order valence-corrected chi connectivity index (χ3v) is 9.20. The van der Waals surface area contributed by atoms with E-state index in [9.17, 15) is 9.90 Å². The minimum absolute atomic E-state index is 0.195. The Labute approximate surface area is 206 Å². The topological polar surface area (TPSA) is 62.7 Å². The lowest BCUT2D eigenvalue weighted by atomic mass is 9.74. The van der Waals surface area contributed by atoms with Crippen LogP contribution in [0, 0.1) is 12.3 Å². The molecule has 0 unspecified atom stereocenters. The molecule has 1 aliphatic carbocycles. The van der Waals surface area contributed by atoms with Crippen LogP contribution in [0.3, 0.4) is 0 Å². The van der Waals surface area contributed by atoms with E-state index >= 15 is 4.39 Å². The number of piperidine rings is 1. The Balaban J connectivity index is 1.37. The maximum absolute atomic E-state index is 15.7. The molecule has 34 heavy (non-hydrogen) atoms. The van der Waals surface area contributed by atoms with E-state index in [4.69, 9.17) is 4.74 Å². The molecule has 1 saturated heterocycles. The summed E-state index contributed by atoms with van der Waals surface area (Å²) in [4.78, 5) is 19.1. The van der Waals surface area contributed by atoms with Crippen LogP contribution in [-0.4, -0.2) is 58.7 Å². The summed E-state index contributed by atoms with van der Waals surface area (Å²) in [6.07, 6.45) is 7.59. The Bertz CT molecular complexity index is 987. The van der Waals surface area contributed by atoms with Crippen molar-refractivity contribution in [3.05, 3.63) is 35.5 Å². The molecule has 7 heteroatoms. The van der Waals surface area contributed by atoms with Crippen molar-refractivity contribution >= 4 is 28.6 Å². The fraction of sp³-hybridized carbons (Fsp3) is 0.630. The van der Waals surface area contributed by atoms with E-state index in [1.807, 2.05) is 25.1 Å². The van der Waals surface area contributed by atoms with E-state index in [1.165, 1.54) is 25.7 Å². The highest BCUT2D eigenvalue weighted by atomic mass is 32.2. The number of rotatable bonds is 10. The van der Waals surface area contributed by atoms with Crippen LogP contribution in [-0.2, 0) is 4.79 Å². The molecule has 5 nitrogen and oxygen atoms in total. The first kappa shape index (κ1) is 25.2. The lowest BCUT2D eigenvalue weighted by molar-refractivity contribution is -0.153.